The predicted octanol–water partition coefficient (Wildman–Crippen LogP) is 2.94. The van der Waals surface area contributed by atoms with Crippen molar-refractivity contribution in [1.29, 1.82) is 0 Å². The van der Waals surface area contributed by atoms with Gasteiger partial charge < -0.3 is 14.5 Å². The van der Waals surface area contributed by atoms with Crippen molar-refractivity contribution in [2.45, 2.75) is 12.8 Å². The van der Waals surface area contributed by atoms with Crippen molar-refractivity contribution in [2.75, 3.05) is 45.8 Å². The molecule has 1 amide bonds. The number of amides is 1. The summed E-state index contributed by atoms with van der Waals surface area (Å²) in [5, 5.41) is 2.58. The van der Waals surface area contributed by atoms with Crippen LogP contribution in [0.15, 0.2) is 36.4 Å². The standard InChI is InChI=1S/C20H26N2O2/c1-21(2)19-9-8-16(17-6-4-5-7-18(17)19)12-15-13-20(23)22(14-15)10-11-24-3/h4-9,15H,10-14H2,1-3H3. The number of methoxy groups -OCH3 is 1. The SMILES string of the molecule is COCCN1CC(Cc2ccc(N(C)C)c3ccccc23)CC1=O. The number of benzene rings is 2. The molecular weight excluding hydrogens is 300 g/mol. The molecule has 1 unspecified atom stereocenters. The average Bonchev–Trinajstić information content (AvgIpc) is 2.92. The first-order valence-electron chi connectivity index (χ1n) is 8.55. The van der Waals surface area contributed by atoms with E-state index in [1.165, 1.54) is 22.0 Å². The van der Waals surface area contributed by atoms with Gasteiger partial charge in [-0.3, -0.25) is 4.79 Å². The molecule has 0 spiro atoms. The fourth-order valence-corrected chi connectivity index (χ4v) is 3.63. The molecule has 0 N–H and O–H groups in total. The van der Waals surface area contributed by atoms with Gasteiger partial charge in [-0.1, -0.05) is 30.3 Å². The van der Waals surface area contributed by atoms with E-state index in [1.807, 2.05) is 4.90 Å². The van der Waals surface area contributed by atoms with Gasteiger partial charge in [0.1, 0.15) is 0 Å². The molecule has 1 aliphatic heterocycles. The first-order chi connectivity index (χ1) is 11.6. The molecule has 24 heavy (non-hydrogen) atoms. The van der Waals surface area contributed by atoms with E-state index in [0.717, 1.165) is 13.0 Å². The third kappa shape index (κ3) is 3.39. The van der Waals surface area contributed by atoms with Crippen LogP contribution in [0.2, 0.25) is 0 Å². The van der Waals surface area contributed by atoms with E-state index in [9.17, 15) is 4.79 Å². The van der Waals surface area contributed by atoms with E-state index in [-0.39, 0.29) is 5.91 Å². The lowest BCUT2D eigenvalue weighted by Gasteiger charge is -2.19. The first-order valence-corrected chi connectivity index (χ1v) is 8.55. The Balaban J connectivity index is 1.81. The van der Waals surface area contributed by atoms with E-state index < -0.39 is 0 Å². The Hall–Kier alpha value is -2.07. The summed E-state index contributed by atoms with van der Waals surface area (Å²) in [5.74, 6) is 0.647. The number of carbonyl (C=O) groups excluding carboxylic acids is 1. The number of hydrogen-bond acceptors (Lipinski definition) is 3. The summed E-state index contributed by atoms with van der Waals surface area (Å²) in [5.41, 5.74) is 2.57. The molecule has 1 saturated heterocycles. The minimum Gasteiger partial charge on any atom is -0.383 e. The smallest absolute Gasteiger partial charge is 0.223 e. The Labute approximate surface area is 144 Å². The second kappa shape index (κ2) is 7.22. The molecule has 1 heterocycles. The highest BCUT2D eigenvalue weighted by molar-refractivity contribution is 5.96. The lowest BCUT2D eigenvalue weighted by atomic mass is 9.93. The van der Waals surface area contributed by atoms with Crippen molar-refractivity contribution in [2.24, 2.45) is 5.92 Å². The summed E-state index contributed by atoms with van der Waals surface area (Å²) in [4.78, 5) is 16.2. The fraction of sp³-hybridized carbons (Fsp3) is 0.450. The zero-order valence-corrected chi connectivity index (χ0v) is 14.8. The number of carbonyl (C=O) groups is 1. The third-order valence-corrected chi connectivity index (χ3v) is 4.84. The van der Waals surface area contributed by atoms with Gasteiger partial charge in [0, 0.05) is 51.8 Å². The van der Waals surface area contributed by atoms with Crippen LogP contribution in [-0.4, -0.2) is 51.7 Å². The van der Waals surface area contributed by atoms with E-state index in [2.05, 4.69) is 55.4 Å². The van der Waals surface area contributed by atoms with Gasteiger partial charge in [0.25, 0.3) is 0 Å². The average molecular weight is 326 g/mol. The lowest BCUT2D eigenvalue weighted by Crippen LogP contribution is -2.28. The van der Waals surface area contributed by atoms with Crippen LogP contribution in [0, 0.1) is 5.92 Å². The molecule has 0 aliphatic carbocycles. The maximum Gasteiger partial charge on any atom is 0.223 e. The van der Waals surface area contributed by atoms with Gasteiger partial charge in [-0.15, -0.1) is 0 Å². The number of nitrogens with zero attached hydrogens (tertiary/aromatic N) is 2. The highest BCUT2D eigenvalue weighted by Gasteiger charge is 2.29. The van der Waals surface area contributed by atoms with E-state index >= 15 is 0 Å². The molecule has 1 fully saturated rings. The summed E-state index contributed by atoms with van der Waals surface area (Å²) in [6, 6.07) is 13.0. The van der Waals surface area contributed by atoms with Crippen LogP contribution in [0.3, 0.4) is 0 Å². The van der Waals surface area contributed by atoms with Gasteiger partial charge in [-0.2, -0.15) is 0 Å². The monoisotopic (exact) mass is 326 g/mol. The van der Waals surface area contributed by atoms with Crippen LogP contribution < -0.4 is 4.90 Å². The van der Waals surface area contributed by atoms with Crippen LogP contribution >= 0.6 is 0 Å². The number of anilines is 1. The second-order valence-electron chi connectivity index (χ2n) is 6.79. The quantitative estimate of drug-likeness (QED) is 0.818. The molecule has 0 bridgehead atoms. The Morgan fingerprint density at radius 3 is 2.62 bits per heavy atom. The number of fused-ring (bicyclic) bond motifs is 1. The van der Waals surface area contributed by atoms with Gasteiger partial charge in [0.2, 0.25) is 5.91 Å². The minimum atomic E-state index is 0.256. The van der Waals surface area contributed by atoms with Crippen LogP contribution in [0.1, 0.15) is 12.0 Å². The van der Waals surface area contributed by atoms with Crippen molar-refractivity contribution in [3.05, 3.63) is 42.0 Å². The van der Waals surface area contributed by atoms with Crippen LogP contribution in [-0.2, 0) is 16.0 Å². The molecule has 0 saturated carbocycles. The van der Waals surface area contributed by atoms with Crippen molar-refractivity contribution < 1.29 is 9.53 Å². The van der Waals surface area contributed by atoms with Crippen molar-refractivity contribution in [3.8, 4) is 0 Å². The summed E-state index contributed by atoms with van der Waals surface area (Å²) < 4.78 is 5.10. The Kier molecular flexibility index (Phi) is 5.05. The molecule has 4 nitrogen and oxygen atoms in total. The van der Waals surface area contributed by atoms with Gasteiger partial charge >= 0.3 is 0 Å². The molecule has 2 aromatic rings. The Morgan fingerprint density at radius 1 is 1.17 bits per heavy atom. The fourth-order valence-electron chi connectivity index (χ4n) is 3.63. The minimum absolute atomic E-state index is 0.256. The topological polar surface area (TPSA) is 32.8 Å². The molecule has 0 aromatic heterocycles. The van der Waals surface area contributed by atoms with Gasteiger partial charge in [-0.05, 0) is 29.4 Å². The predicted molar refractivity (Wildman–Crippen MR) is 98.5 cm³/mol. The molecule has 4 heteroatoms. The van der Waals surface area contributed by atoms with E-state index in [4.69, 9.17) is 4.74 Å². The van der Waals surface area contributed by atoms with E-state index in [1.54, 1.807) is 7.11 Å². The number of ether oxygens (including phenoxy) is 1. The zero-order chi connectivity index (χ0) is 17.1. The second-order valence-corrected chi connectivity index (χ2v) is 6.79. The molecule has 0 radical (unpaired) electrons. The highest BCUT2D eigenvalue weighted by Crippen LogP contribution is 2.31. The zero-order valence-electron chi connectivity index (χ0n) is 14.8. The van der Waals surface area contributed by atoms with Crippen LogP contribution in [0.25, 0.3) is 10.8 Å². The molecule has 1 aliphatic rings. The summed E-state index contributed by atoms with van der Waals surface area (Å²) in [7, 11) is 5.83. The van der Waals surface area contributed by atoms with Crippen molar-refractivity contribution in [3.63, 3.8) is 0 Å². The number of hydrogen-bond donors (Lipinski definition) is 0. The van der Waals surface area contributed by atoms with Crippen molar-refractivity contribution >= 4 is 22.4 Å². The molecule has 2 aromatic carbocycles. The molecular formula is C20H26N2O2. The number of likely N-dealkylation sites (tertiary alicyclic amines) is 1. The van der Waals surface area contributed by atoms with Crippen LogP contribution in [0.5, 0.6) is 0 Å². The van der Waals surface area contributed by atoms with Crippen LogP contribution in [0.4, 0.5) is 5.69 Å². The summed E-state index contributed by atoms with van der Waals surface area (Å²) in [6.07, 6.45) is 1.59. The highest BCUT2D eigenvalue weighted by atomic mass is 16.5. The summed E-state index contributed by atoms with van der Waals surface area (Å²) >= 11 is 0. The third-order valence-electron chi connectivity index (χ3n) is 4.84. The lowest BCUT2D eigenvalue weighted by molar-refractivity contribution is -0.128. The largest absolute Gasteiger partial charge is 0.383 e. The molecule has 1 atom stereocenters. The Morgan fingerprint density at radius 2 is 1.92 bits per heavy atom. The van der Waals surface area contributed by atoms with Gasteiger partial charge in [0.05, 0.1) is 6.61 Å². The number of rotatable bonds is 6. The van der Waals surface area contributed by atoms with E-state index in [0.29, 0.717) is 25.5 Å². The summed E-state index contributed by atoms with van der Waals surface area (Å²) in [6.45, 7) is 2.15. The van der Waals surface area contributed by atoms with Gasteiger partial charge in [0.15, 0.2) is 0 Å². The molecule has 3 rings (SSSR count). The molecule has 128 valence electrons. The van der Waals surface area contributed by atoms with Crippen molar-refractivity contribution in [1.82, 2.24) is 4.90 Å². The maximum absolute atomic E-state index is 12.2. The van der Waals surface area contributed by atoms with Gasteiger partial charge in [-0.25, -0.2) is 0 Å². The first kappa shape index (κ1) is 16.8. The maximum atomic E-state index is 12.2. The normalized spacial score (nSPS) is 17.7. The Bertz CT molecular complexity index is 727.